The second kappa shape index (κ2) is 8.99. The van der Waals surface area contributed by atoms with Crippen LogP contribution < -0.4 is 5.32 Å². The molecule has 6 heterocycles. The Hall–Kier alpha value is -2.72. The van der Waals surface area contributed by atoms with Crippen LogP contribution in [-0.2, 0) is 22.4 Å². The van der Waals surface area contributed by atoms with E-state index in [9.17, 15) is 4.79 Å². The lowest BCUT2D eigenvalue weighted by atomic mass is 9.88. The summed E-state index contributed by atoms with van der Waals surface area (Å²) in [4.78, 5) is 30.2. The van der Waals surface area contributed by atoms with Crippen LogP contribution in [0.3, 0.4) is 0 Å². The van der Waals surface area contributed by atoms with Crippen LogP contribution in [0.15, 0.2) is 24.5 Å². The molecule has 2 aromatic heterocycles. The SMILES string of the molecule is O=C(N1CCc2cc(-c3cnc4[nH]cc(Cl)c4n3)cc([C@@H]3COCCN3)c2C1)N1C2CCC1COC2. The van der Waals surface area contributed by atoms with Gasteiger partial charge in [-0.25, -0.2) is 14.8 Å². The summed E-state index contributed by atoms with van der Waals surface area (Å²) in [6.45, 7) is 4.72. The number of H-pyrrole nitrogens is 1. The van der Waals surface area contributed by atoms with Crippen molar-refractivity contribution in [3.63, 3.8) is 0 Å². The molecule has 7 rings (SSSR count). The molecule has 3 saturated heterocycles. The molecule has 188 valence electrons. The number of nitrogens with zero attached hydrogens (tertiary/aromatic N) is 4. The smallest absolute Gasteiger partial charge is 0.320 e. The molecular formula is C26H29ClN6O3. The van der Waals surface area contributed by atoms with Gasteiger partial charge < -0.3 is 29.6 Å². The number of nitrogens with one attached hydrogen (secondary N) is 2. The lowest BCUT2D eigenvalue weighted by Crippen LogP contribution is -2.55. The van der Waals surface area contributed by atoms with Crippen molar-refractivity contribution in [3.8, 4) is 11.3 Å². The standard InChI is InChI=1S/C26H29ClN6O3/c27-21-9-29-25-24(21)31-22(10-30-25)16-7-15-3-5-32(26(34)33-17-1-2-18(33)13-36-12-17)11-20(15)19(8-16)23-14-35-6-4-28-23/h7-10,17-18,23,28H,1-6,11-14H2,(H,29,30)/t17?,18?,23-/m0/s1. The van der Waals surface area contributed by atoms with Gasteiger partial charge in [-0.2, -0.15) is 0 Å². The number of urea groups is 1. The molecule has 3 atom stereocenters. The number of hydrogen-bond donors (Lipinski definition) is 2. The van der Waals surface area contributed by atoms with Crippen molar-refractivity contribution in [1.29, 1.82) is 0 Å². The Morgan fingerprint density at radius 2 is 2.00 bits per heavy atom. The third-order valence-electron chi connectivity index (χ3n) is 8.04. The number of fused-ring (bicyclic) bond motifs is 4. The van der Waals surface area contributed by atoms with Crippen molar-refractivity contribution in [2.45, 2.75) is 43.9 Å². The van der Waals surface area contributed by atoms with E-state index in [1.165, 1.54) is 16.7 Å². The number of ether oxygens (including phenoxy) is 2. The zero-order valence-electron chi connectivity index (χ0n) is 20.0. The summed E-state index contributed by atoms with van der Waals surface area (Å²) in [5.74, 6) is 0. The van der Waals surface area contributed by atoms with Crippen molar-refractivity contribution < 1.29 is 14.3 Å². The molecule has 2 amide bonds. The van der Waals surface area contributed by atoms with Crippen molar-refractivity contribution in [3.05, 3.63) is 46.2 Å². The van der Waals surface area contributed by atoms with Crippen molar-refractivity contribution in [1.82, 2.24) is 30.1 Å². The van der Waals surface area contributed by atoms with Crippen LogP contribution in [-0.4, -0.2) is 82.4 Å². The summed E-state index contributed by atoms with van der Waals surface area (Å²) in [6.07, 6.45) is 6.38. The quantitative estimate of drug-likeness (QED) is 0.551. The Morgan fingerprint density at radius 1 is 1.14 bits per heavy atom. The predicted octanol–water partition coefficient (Wildman–Crippen LogP) is 3.28. The Balaban J connectivity index is 1.25. The Labute approximate surface area is 214 Å². The van der Waals surface area contributed by atoms with Crippen molar-refractivity contribution in [2.75, 3.05) is 39.5 Å². The average Bonchev–Trinajstić information content (AvgIpc) is 3.42. The minimum atomic E-state index is 0.0645. The van der Waals surface area contributed by atoms with E-state index in [1.54, 1.807) is 12.4 Å². The maximum atomic E-state index is 13.7. The zero-order chi connectivity index (χ0) is 24.2. The fourth-order valence-electron chi connectivity index (χ4n) is 6.19. The van der Waals surface area contributed by atoms with Gasteiger partial charge in [0.05, 0.1) is 61.5 Å². The fraction of sp³-hybridized carbons (Fsp3) is 0.500. The van der Waals surface area contributed by atoms with Gasteiger partial charge in [-0.05, 0) is 48.1 Å². The minimum Gasteiger partial charge on any atom is -0.378 e. The van der Waals surface area contributed by atoms with Crippen LogP contribution in [0.2, 0.25) is 5.02 Å². The maximum absolute atomic E-state index is 13.7. The van der Waals surface area contributed by atoms with E-state index in [-0.39, 0.29) is 24.2 Å². The Morgan fingerprint density at radius 3 is 2.81 bits per heavy atom. The predicted molar refractivity (Wildman–Crippen MR) is 135 cm³/mol. The van der Waals surface area contributed by atoms with Crippen LogP contribution in [0, 0.1) is 0 Å². The number of benzene rings is 1. The van der Waals surface area contributed by atoms with E-state index in [4.69, 9.17) is 26.1 Å². The van der Waals surface area contributed by atoms with Gasteiger partial charge in [0.25, 0.3) is 0 Å². The molecule has 2 unspecified atom stereocenters. The van der Waals surface area contributed by atoms with E-state index in [1.807, 2.05) is 4.90 Å². The number of amides is 2. The summed E-state index contributed by atoms with van der Waals surface area (Å²) in [6, 6.07) is 5.03. The topological polar surface area (TPSA) is 95.6 Å². The molecule has 4 aliphatic rings. The van der Waals surface area contributed by atoms with E-state index in [2.05, 4.69) is 32.3 Å². The third kappa shape index (κ3) is 3.76. The van der Waals surface area contributed by atoms with E-state index < -0.39 is 0 Å². The molecule has 9 nitrogen and oxygen atoms in total. The van der Waals surface area contributed by atoms with Crippen LogP contribution in [0.25, 0.3) is 22.4 Å². The molecule has 0 radical (unpaired) electrons. The van der Waals surface area contributed by atoms with Gasteiger partial charge in [-0.1, -0.05) is 11.6 Å². The largest absolute Gasteiger partial charge is 0.378 e. The molecule has 3 fully saturated rings. The number of morpholine rings is 2. The summed E-state index contributed by atoms with van der Waals surface area (Å²) in [5.41, 5.74) is 6.79. The van der Waals surface area contributed by atoms with Gasteiger partial charge in [-0.3, -0.25) is 0 Å². The number of carbonyl (C=O) groups is 1. The molecular weight excluding hydrogens is 480 g/mol. The number of halogens is 1. The second-order valence-corrected chi connectivity index (χ2v) is 10.6. The lowest BCUT2D eigenvalue weighted by molar-refractivity contribution is -0.00296. The Kier molecular flexibility index (Phi) is 5.61. The molecule has 36 heavy (non-hydrogen) atoms. The van der Waals surface area contributed by atoms with E-state index >= 15 is 0 Å². The first kappa shape index (κ1) is 22.5. The molecule has 0 aliphatic carbocycles. The second-order valence-electron chi connectivity index (χ2n) is 10.2. The van der Waals surface area contributed by atoms with Gasteiger partial charge in [-0.15, -0.1) is 0 Å². The van der Waals surface area contributed by atoms with Crippen LogP contribution >= 0.6 is 11.6 Å². The summed E-state index contributed by atoms with van der Waals surface area (Å²) < 4.78 is 11.5. The first-order valence-electron chi connectivity index (χ1n) is 12.8. The lowest BCUT2D eigenvalue weighted by Gasteiger charge is -2.40. The number of carbonyl (C=O) groups excluding carboxylic acids is 1. The normalized spacial score (nSPS) is 25.9. The van der Waals surface area contributed by atoms with E-state index in [0.717, 1.165) is 37.1 Å². The highest BCUT2D eigenvalue weighted by molar-refractivity contribution is 6.34. The molecule has 1 aromatic carbocycles. The first-order valence-corrected chi connectivity index (χ1v) is 13.2. The van der Waals surface area contributed by atoms with Crippen LogP contribution in [0.5, 0.6) is 0 Å². The average molecular weight is 509 g/mol. The van der Waals surface area contributed by atoms with Crippen molar-refractivity contribution >= 4 is 28.8 Å². The van der Waals surface area contributed by atoms with Gasteiger partial charge >= 0.3 is 6.03 Å². The minimum absolute atomic E-state index is 0.0645. The van der Waals surface area contributed by atoms with Crippen LogP contribution in [0.4, 0.5) is 4.79 Å². The summed E-state index contributed by atoms with van der Waals surface area (Å²) in [5, 5.41) is 4.17. The van der Waals surface area contributed by atoms with Gasteiger partial charge in [0, 0.05) is 31.4 Å². The maximum Gasteiger partial charge on any atom is 0.320 e. The van der Waals surface area contributed by atoms with Crippen molar-refractivity contribution in [2.24, 2.45) is 0 Å². The number of hydrogen-bond acceptors (Lipinski definition) is 6. The van der Waals surface area contributed by atoms with Gasteiger partial charge in [0.15, 0.2) is 5.65 Å². The highest BCUT2D eigenvalue weighted by Crippen LogP contribution is 2.36. The monoisotopic (exact) mass is 508 g/mol. The fourth-order valence-corrected chi connectivity index (χ4v) is 6.38. The first-order chi connectivity index (χ1) is 17.7. The molecule has 2 bridgehead atoms. The highest BCUT2D eigenvalue weighted by Gasteiger charge is 2.42. The molecule has 10 heteroatoms. The molecule has 3 aromatic rings. The molecule has 0 spiro atoms. The molecule has 4 aliphatic heterocycles. The summed E-state index contributed by atoms with van der Waals surface area (Å²) >= 11 is 6.33. The third-order valence-corrected chi connectivity index (χ3v) is 8.32. The highest BCUT2D eigenvalue weighted by atomic mass is 35.5. The molecule has 0 saturated carbocycles. The summed E-state index contributed by atoms with van der Waals surface area (Å²) in [7, 11) is 0. The number of rotatable bonds is 2. The Bertz CT molecular complexity index is 1310. The number of aromatic nitrogens is 3. The van der Waals surface area contributed by atoms with Gasteiger partial charge in [0.2, 0.25) is 0 Å². The van der Waals surface area contributed by atoms with E-state index in [0.29, 0.717) is 55.7 Å². The van der Waals surface area contributed by atoms with Gasteiger partial charge in [0.1, 0.15) is 5.52 Å². The molecule has 2 N–H and O–H groups in total. The van der Waals surface area contributed by atoms with Crippen LogP contribution in [0.1, 0.15) is 35.6 Å². The zero-order valence-corrected chi connectivity index (χ0v) is 20.8. The number of aromatic amines is 1.